The first-order chi connectivity index (χ1) is 7.61. The van der Waals surface area contributed by atoms with Crippen LogP contribution in [0.5, 0.6) is 5.75 Å². The highest BCUT2D eigenvalue weighted by molar-refractivity contribution is 5.32. The second-order valence-electron chi connectivity index (χ2n) is 5.27. The molecule has 0 aliphatic heterocycles. The van der Waals surface area contributed by atoms with E-state index >= 15 is 0 Å². The summed E-state index contributed by atoms with van der Waals surface area (Å²) in [6, 6.07) is 8.43. The largest absolute Gasteiger partial charge is 0.497 e. The van der Waals surface area contributed by atoms with E-state index in [2.05, 4.69) is 38.1 Å². The predicted molar refractivity (Wildman–Crippen MR) is 67.9 cm³/mol. The lowest BCUT2D eigenvalue weighted by Gasteiger charge is -2.28. The van der Waals surface area contributed by atoms with E-state index in [1.54, 1.807) is 7.11 Å². The van der Waals surface area contributed by atoms with Crippen LogP contribution >= 0.6 is 0 Å². The Labute approximate surface area is 98.1 Å². The first-order valence-electron chi connectivity index (χ1n) is 5.94. The normalized spacial score (nSPS) is 23.1. The monoisotopic (exact) mass is 216 g/mol. The predicted octanol–water partition coefficient (Wildman–Crippen LogP) is 4.16. The van der Waals surface area contributed by atoms with Crippen molar-refractivity contribution in [2.75, 3.05) is 7.11 Å². The van der Waals surface area contributed by atoms with Gasteiger partial charge in [-0.2, -0.15) is 0 Å². The van der Waals surface area contributed by atoms with Gasteiger partial charge < -0.3 is 4.74 Å². The lowest BCUT2D eigenvalue weighted by Crippen LogP contribution is -2.14. The molecule has 1 atom stereocenters. The van der Waals surface area contributed by atoms with Gasteiger partial charge in [-0.1, -0.05) is 38.1 Å². The Morgan fingerprint density at radius 3 is 2.38 bits per heavy atom. The Kier molecular flexibility index (Phi) is 3.04. The average molecular weight is 216 g/mol. The minimum Gasteiger partial charge on any atom is -0.497 e. The van der Waals surface area contributed by atoms with Crippen molar-refractivity contribution in [2.45, 2.75) is 32.6 Å². The Hall–Kier alpha value is -1.24. The SMILES string of the molecule is COc1ccc(C2C=CC(C)(C)CC2)cc1. The minimum absolute atomic E-state index is 0.378. The first kappa shape index (κ1) is 11.3. The fourth-order valence-corrected chi connectivity index (χ4v) is 2.21. The molecule has 0 N–H and O–H groups in total. The van der Waals surface area contributed by atoms with Crippen molar-refractivity contribution in [3.63, 3.8) is 0 Å². The fraction of sp³-hybridized carbons (Fsp3) is 0.467. The Morgan fingerprint density at radius 2 is 1.88 bits per heavy atom. The summed E-state index contributed by atoms with van der Waals surface area (Å²) in [6.07, 6.45) is 7.22. The van der Waals surface area contributed by atoms with Gasteiger partial charge in [0.1, 0.15) is 5.75 Å². The van der Waals surface area contributed by atoms with Gasteiger partial charge in [-0.15, -0.1) is 0 Å². The van der Waals surface area contributed by atoms with Crippen molar-refractivity contribution in [1.29, 1.82) is 0 Å². The van der Waals surface area contributed by atoms with Crippen molar-refractivity contribution in [3.8, 4) is 5.75 Å². The quantitative estimate of drug-likeness (QED) is 0.675. The second-order valence-corrected chi connectivity index (χ2v) is 5.27. The van der Waals surface area contributed by atoms with Crippen LogP contribution in [0.1, 0.15) is 38.2 Å². The molecular weight excluding hydrogens is 196 g/mol. The van der Waals surface area contributed by atoms with Gasteiger partial charge in [0.05, 0.1) is 7.11 Å². The number of methoxy groups -OCH3 is 1. The maximum Gasteiger partial charge on any atom is 0.118 e. The highest BCUT2D eigenvalue weighted by atomic mass is 16.5. The summed E-state index contributed by atoms with van der Waals surface area (Å²) in [6.45, 7) is 4.60. The number of benzene rings is 1. The highest BCUT2D eigenvalue weighted by Gasteiger charge is 2.22. The summed E-state index contributed by atoms with van der Waals surface area (Å²) < 4.78 is 5.17. The first-order valence-corrected chi connectivity index (χ1v) is 5.94. The molecule has 16 heavy (non-hydrogen) atoms. The van der Waals surface area contributed by atoms with Crippen LogP contribution in [0, 0.1) is 5.41 Å². The van der Waals surface area contributed by atoms with Crippen molar-refractivity contribution >= 4 is 0 Å². The topological polar surface area (TPSA) is 9.23 Å². The maximum absolute atomic E-state index is 5.17. The summed E-state index contributed by atoms with van der Waals surface area (Å²) in [5.74, 6) is 1.52. The molecule has 0 heterocycles. The van der Waals surface area contributed by atoms with Crippen LogP contribution in [-0.4, -0.2) is 7.11 Å². The number of allylic oxidation sites excluding steroid dienone is 2. The molecule has 0 aromatic heterocycles. The summed E-state index contributed by atoms with van der Waals surface area (Å²) in [7, 11) is 1.71. The van der Waals surface area contributed by atoms with Crippen LogP contribution in [-0.2, 0) is 0 Å². The van der Waals surface area contributed by atoms with E-state index < -0.39 is 0 Å². The van der Waals surface area contributed by atoms with E-state index in [4.69, 9.17) is 4.74 Å². The second kappa shape index (κ2) is 4.32. The Bertz CT molecular complexity index is 373. The molecule has 86 valence electrons. The molecule has 0 amide bonds. The number of ether oxygens (including phenoxy) is 1. The highest BCUT2D eigenvalue weighted by Crippen LogP contribution is 2.37. The van der Waals surface area contributed by atoms with Crippen LogP contribution in [0.4, 0.5) is 0 Å². The van der Waals surface area contributed by atoms with Crippen molar-refractivity contribution in [3.05, 3.63) is 42.0 Å². The van der Waals surface area contributed by atoms with Gasteiger partial charge in [-0.25, -0.2) is 0 Å². The third kappa shape index (κ3) is 2.46. The van der Waals surface area contributed by atoms with E-state index in [0.29, 0.717) is 11.3 Å². The molecule has 1 aromatic carbocycles. The van der Waals surface area contributed by atoms with Crippen molar-refractivity contribution in [2.24, 2.45) is 5.41 Å². The number of hydrogen-bond acceptors (Lipinski definition) is 1. The van der Waals surface area contributed by atoms with E-state index in [-0.39, 0.29) is 0 Å². The summed E-state index contributed by atoms with van der Waals surface area (Å²) in [5, 5.41) is 0. The van der Waals surface area contributed by atoms with Gasteiger partial charge in [0.15, 0.2) is 0 Å². The number of rotatable bonds is 2. The van der Waals surface area contributed by atoms with Crippen LogP contribution < -0.4 is 4.74 Å². The number of hydrogen-bond donors (Lipinski definition) is 0. The third-order valence-electron chi connectivity index (χ3n) is 3.42. The minimum atomic E-state index is 0.378. The summed E-state index contributed by atoms with van der Waals surface area (Å²) >= 11 is 0. The van der Waals surface area contributed by atoms with Crippen LogP contribution in [0.15, 0.2) is 36.4 Å². The Balaban J connectivity index is 2.14. The zero-order valence-corrected chi connectivity index (χ0v) is 10.4. The molecule has 0 radical (unpaired) electrons. The molecule has 1 nitrogen and oxygen atoms in total. The molecular formula is C15H20O. The molecule has 0 fully saturated rings. The van der Waals surface area contributed by atoms with E-state index in [1.165, 1.54) is 18.4 Å². The van der Waals surface area contributed by atoms with Gasteiger partial charge in [-0.05, 0) is 36.0 Å². The lowest BCUT2D eigenvalue weighted by atomic mass is 9.77. The van der Waals surface area contributed by atoms with E-state index in [1.807, 2.05) is 12.1 Å². The zero-order valence-electron chi connectivity index (χ0n) is 10.4. The van der Waals surface area contributed by atoms with Gasteiger partial charge >= 0.3 is 0 Å². The van der Waals surface area contributed by atoms with Crippen molar-refractivity contribution < 1.29 is 4.74 Å². The summed E-state index contributed by atoms with van der Waals surface area (Å²) in [5.41, 5.74) is 1.77. The third-order valence-corrected chi connectivity index (χ3v) is 3.42. The smallest absolute Gasteiger partial charge is 0.118 e. The molecule has 1 aliphatic carbocycles. The lowest BCUT2D eigenvalue weighted by molar-refractivity contribution is 0.389. The average Bonchev–Trinajstić information content (AvgIpc) is 2.29. The van der Waals surface area contributed by atoms with Gasteiger partial charge in [0.2, 0.25) is 0 Å². The molecule has 1 aromatic rings. The molecule has 0 saturated heterocycles. The van der Waals surface area contributed by atoms with Crippen LogP contribution in [0.25, 0.3) is 0 Å². The fourth-order valence-electron chi connectivity index (χ4n) is 2.21. The van der Waals surface area contributed by atoms with E-state index in [0.717, 1.165) is 5.75 Å². The molecule has 1 heteroatoms. The van der Waals surface area contributed by atoms with Gasteiger partial charge in [0, 0.05) is 5.92 Å². The molecule has 2 rings (SSSR count). The van der Waals surface area contributed by atoms with Crippen LogP contribution in [0.3, 0.4) is 0 Å². The molecule has 0 bridgehead atoms. The zero-order chi connectivity index (χ0) is 11.6. The maximum atomic E-state index is 5.17. The standard InChI is InChI=1S/C15H20O/c1-15(2)10-8-13(9-11-15)12-4-6-14(16-3)7-5-12/h4-8,10,13H,9,11H2,1-3H3. The van der Waals surface area contributed by atoms with Gasteiger partial charge in [-0.3, -0.25) is 0 Å². The van der Waals surface area contributed by atoms with Gasteiger partial charge in [0.25, 0.3) is 0 Å². The van der Waals surface area contributed by atoms with Crippen LogP contribution in [0.2, 0.25) is 0 Å². The summed E-state index contributed by atoms with van der Waals surface area (Å²) in [4.78, 5) is 0. The molecule has 1 aliphatic rings. The molecule has 1 unspecified atom stereocenters. The molecule has 0 saturated carbocycles. The molecule has 0 spiro atoms. The Morgan fingerprint density at radius 1 is 1.19 bits per heavy atom. The van der Waals surface area contributed by atoms with E-state index in [9.17, 15) is 0 Å². The van der Waals surface area contributed by atoms with Crippen molar-refractivity contribution in [1.82, 2.24) is 0 Å².